The zero-order valence-electron chi connectivity index (χ0n) is 10.6. The lowest BCUT2D eigenvalue weighted by atomic mass is 9.98. The van der Waals surface area contributed by atoms with E-state index >= 15 is 0 Å². The molecule has 2 N–H and O–H groups in total. The first-order valence-corrected chi connectivity index (χ1v) is 7.46. The van der Waals surface area contributed by atoms with Crippen molar-refractivity contribution in [1.82, 2.24) is 10.6 Å². The smallest absolute Gasteiger partial charge is 0.220 e. The SMILES string of the molecule is O=C1CCC(NC2CCOc3ccc(Br)cc32)CN1. The van der Waals surface area contributed by atoms with E-state index in [2.05, 4.69) is 32.6 Å². The molecule has 0 radical (unpaired) electrons. The molecule has 2 aliphatic heterocycles. The second-order valence-corrected chi connectivity index (χ2v) is 5.99. The number of nitrogens with one attached hydrogen (secondary N) is 2. The largest absolute Gasteiger partial charge is 0.493 e. The minimum atomic E-state index is 0.160. The molecule has 0 bridgehead atoms. The fraction of sp³-hybridized carbons (Fsp3) is 0.500. The van der Waals surface area contributed by atoms with Crippen molar-refractivity contribution in [3.63, 3.8) is 0 Å². The number of carbonyl (C=O) groups excluding carboxylic acids is 1. The van der Waals surface area contributed by atoms with Crippen LogP contribution in [0.25, 0.3) is 0 Å². The van der Waals surface area contributed by atoms with Crippen LogP contribution in [-0.2, 0) is 4.79 Å². The van der Waals surface area contributed by atoms with E-state index in [4.69, 9.17) is 4.74 Å². The highest BCUT2D eigenvalue weighted by molar-refractivity contribution is 9.10. The molecule has 3 rings (SSSR count). The molecule has 1 saturated heterocycles. The molecule has 1 aromatic carbocycles. The van der Waals surface area contributed by atoms with Gasteiger partial charge in [0.2, 0.25) is 5.91 Å². The molecule has 2 atom stereocenters. The summed E-state index contributed by atoms with van der Waals surface area (Å²) in [6.45, 7) is 1.46. The van der Waals surface area contributed by atoms with Crippen LogP contribution in [-0.4, -0.2) is 25.1 Å². The van der Waals surface area contributed by atoms with Gasteiger partial charge in [-0.2, -0.15) is 0 Å². The zero-order valence-corrected chi connectivity index (χ0v) is 12.2. The van der Waals surface area contributed by atoms with Gasteiger partial charge < -0.3 is 15.4 Å². The molecule has 19 heavy (non-hydrogen) atoms. The highest BCUT2D eigenvalue weighted by atomic mass is 79.9. The van der Waals surface area contributed by atoms with Crippen LogP contribution in [0.4, 0.5) is 0 Å². The summed E-state index contributed by atoms with van der Waals surface area (Å²) in [5.74, 6) is 1.12. The van der Waals surface area contributed by atoms with Crippen LogP contribution in [0.5, 0.6) is 5.75 Å². The number of amides is 1. The molecule has 0 spiro atoms. The van der Waals surface area contributed by atoms with Gasteiger partial charge in [0, 0.05) is 41.5 Å². The molecule has 2 heterocycles. The van der Waals surface area contributed by atoms with Crippen molar-refractivity contribution in [3.05, 3.63) is 28.2 Å². The van der Waals surface area contributed by atoms with Crippen molar-refractivity contribution < 1.29 is 9.53 Å². The first kappa shape index (κ1) is 12.9. The molecule has 2 aliphatic rings. The van der Waals surface area contributed by atoms with Gasteiger partial charge in [-0.3, -0.25) is 4.79 Å². The number of carbonyl (C=O) groups is 1. The van der Waals surface area contributed by atoms with Gasteiger partial charge in [0.25, 0.3) is 0 Å². The predicted molar refractivity (Wildman–Crippen MR) is 76.2 cm³/mol. The molecule has 102 valence electrons. The van der Waals surface area contributed by atoms with Crippen LogP contribution in [0.2, 0.25) is 0 Å². The van der Waals surface area contributed by atoms with Gasteiger partial charge in [-0.1, -0.05) is 15.9 Å². The normalized spacial score (nSPS) is 26.3. The number of fused-ring (bicyclic) bond motifs is 1. The molecule has 0 aromatic heterocycles. The molecular weight excluding hydrogens is 308 g/mol. The van der Waals surface area contributed by atoms with Crippen LogP contribution in [0, 0.1) is 0 Å². The predicted octanol–water partition coefficient (Wildman–Crippen LogP) is 2.14. The third-order valence-corrected chi connectivity index (χ3v) is 4.21. The summed E-state index contributed by atoms with van der Waals surface area (Å²) in [5.41, 5.74) is 1.21. The van der Waals surface area contributed by atoms with Crippen LogP contribution >= 0.6 is 15.9 Å². The van der Waals surface area contributed by atoms with Crippen LogP contribution < -0.4 is 15.4 Å². The van der Waals surface area contributed by atoms with Crippen molar-refractivity contribution in [1.29, 1.82) is 0 Å². The number of benzene rings is 1. The van der Waals surface area contributed by atoms with Gasteiger partial charge in [0.1, 0.15) is 5.75 Å². The van der Waals surface area contributed by atoms with Gasteiger partial charge in [0.05, 0.1) is 6.61 Å². The van der Waals surface area contributed by atoms with Crippen molar-refractivity contribution >= 4 is 21.8 Å². The summed E-state index contributed by atoms with van der Waals surface area (Å²) in [6, 6.07) is 6.79. The zero-order chi connectivity index (χ0) is 13.2. The minimum absolute atomic E-state index is 0.160. The van der Waals surface area contributed by atoms with Gasteiger partial charge in [-0.15, -0.1) is 0 Å². The molecule has 1 aromatic rings. The lowest BCUT2D eigenvalue weighted by molar-refractivity contribution is -0.122. The molecule has 1 amide bonds. The van der Waals surface area contributed by atoms with Crippen molar-refractivity contribution in [2.24, 2.45) is 0 Å². The third kappa shape index (κ3) is 2.92. The summed E-state index contributed by atoms with van der Waals surface area (Å²) < 4.78 is 6.75. The summed E-state index contributed by atoms with van der Waals surface area (Å²) in [5, 5.41) is 6.56. The van der Waals surface area contributed by atoms with E-state index in [0.717, 1.165) is 36.2 Å². The Kier molecular flexibility index (Phi) is 3.75. The number of rotatable bonds is 2. The number of halogens is 1. The Morgan fingerprint density at radius 1 is 1.37 bits per heavy atom. The van der Waals surface area contributed by atoms with Crippen molar-refractivity contribution in [2.75, 3.05) is 13.2 Å². The van der Waals surface area contributed by atoms with E-state index in [1.165, 1.54) is 5.56 Å². The average molecular weight is 325 g/mol. The van der Waals surface area contributed by atoms with Gasteiger partial charge in [-0.05, 0) is 24.6 Å². The van der Waals surface area contributed by atoms with Crippen molar-refractivity contribution in [3.8, 4) is 5.75 Å². The first-order chi connectivity index (χ1) is 9.22. The van der Waals surface area contributed by atoms with E-state index in [1.54, 1.807) is 0 Å². The summed E-state index contributed by atoms with van der Waals surface area (Å²) in [6.07, 6.45) is 2.49. The second-order valence-electron chi connectivity index (χ2n) is 5.08. The topological polar surface area (TPSA) is 50.4 Å². The number of piperidine rings is 1. The molecule has 0 saturated carbocycles. The molecule has 4 nitrogen and oxygen atoms in total. The molecule has 2 unspecified atom stereocenters. The quantitative estimate of drug-likeness (QED) is 0.876. The maximum atomic E-state index is 11.2. The average Bonchev–Trinajstić information content (AvgIpc) is 2.42. The van der Waals surface area contributed by atoms with Crippen LogP contribution in [0.15, 0.2) is 22.7 Å². The Labute approximate surface area is 121 Å². The van der Waals surface area contributed by atoms with E-state index in [0.29, 0.717) is 18.5 Å². The molecule has 1 fully saturated rings. The van der Waals surface area contributed by atoms with E-state index in [-0.39, 0.29) is 5.91 Å². The minimum Gasteiger partial charge on any atom is -0.493 e. The molecule has 0 aliphatic carbocycles. The van der Waals surface area contributed by atoms with E-state index < -0.39 is 0 Å². The van der Waals surface area contributed by atoms with Crippen molar-refractivity contribution in [2.45, 2.75) is 31.3 Å². The molecular formula is C14H17BrN2O2. The Hall–Kier alpha value is -1.07. The van der Waals surface area contributed by atoms with Crippen LogP contribution in [0.1, 0.15) is 30.9 Å². The van der Waals surface area contributed by atoms with Gasteiger partial charge in [-0.25, -0.2) is 0 Å². The first-order valence-electron chi connectivity index (χ1n) is 6.67. The lowest BCUT2D eigenvalue weighted by Crippen LogP contribution is -2.47. The summed E-state index contributed by atoms with van der Waals surface area (Å²) in [4.78, 5) is 11.2. The van der Waals surface area contributed by atoms with E-state index in [9.17, 15) is 4.79 Å². The maximum absolute atomic E-state index is 11.2. The number of hydrogen-bond acceptors (Lipinski definition) is 3. The Balaban J connectivity index is 1.72. The van der Waals surface area contributed by atoms with Gasteiger partial charge >= 0.3 is 0 Å². The third-order valence-electron chi connectivity index (χ3n) is 3.71. The monoisotopic (exact) mass is 324 g/mol. The van der Waals surface area contributed by atoms with Gasteiger partial charge in [0.15, 0.2) is 0 Å². The number of hydrogen-bond donors (Lipinski definition) is 2. The highest BCUT2D eigenvalue weighted by Gasteiger charge is 2.26. The highest BCUT2D eigenvalue weighted by Crippen LogP contribution is 2.34. The Bertz CT molecular complexity index is 482. The standard InChI is InChI=1S/C14H17BrN2O2/c15-9-1-3-13-11(7-9)12(5-6-19-13)17-10-2-4-14(18)16-8-10/h1,3,7,10,12,17H,2,4-6,8H2,(H,16,18). The Morgan fingerprint density at radius 2 is 2.26 bits per heavy atom. The Morgan fingerprint density at radius 3 is 3.05 bits per heavy atom. The van der Waals surface area contributed by atoms with E-state index in [1.807, 2.05) is 12.1 Å². The fourth-order valence-electron chi connectivity index (χ4n) is 2.70. The second kappa shape index (κ2) is 5.51. The van der Waals surface area contributed by atoms with Crippen LogP contribution in [0.3, 0.4) is 0 Å². The summed E-state index contributed by atoms with van der Waals surface area (Å²) in [7, 11) is 0. The maximum Gasteiger partial charge on any atom is 0.220 e. The fourth-order valence-corrected chi connectivity index (χ4v) is 3.08. The lowest BCUT2D eigenvalue weighted by Gasteiger charge is -2.32. The summed E-state index contributed by atoms with van der Waals surface area (Å²) >= 11 is 3.51. The molecule has 5 heteroatoms. The number of ether oxygens (including phenoxy) is 1.